The molecule has 0 aromatic carbocycles. The van der Waals surface area contributed by atoms with Crippen molar-refractivity contribution in [3.63, 3.8) is 0 Å². The molecular formula is C10H16N4O5. The first-order valence-corrected chi connectivity index (χ1v) is 5.68. The summed E-state index contributed by atoms with van der Waals surface area (Å²) in [4.78, 5) is 35.1. The summed E-state index contributed by atoms with van der Waals surface area (Å²) in [6.45, 7) is 2.93. The van der Waals surface area contributed by atoms with Crippen molar-refractivity contribution in [2.24, 2.45) is 5.11 Å². The second-order valence-corrected chi connectivity index (χ2v) is 4.47. The van der Waals surface area contributed by atoms with Crippen LogP contribution in [0.1, 0.15) is 39.5 Å². The standard InChI is InChI=1S/C10H16N4O5/c1-10(2,14(17)18)6-5-9(16)19-8(15)4-3-7-12-13-11/h3-7H2,1-2H3. The maximum absolute atomic E-state index is 11.3. The summed E-state index contributed by atoms with van der Waals surface area (Å²) in [6, 6.07) is 0. The molecule has 0 saturated carbocycles. The Labute approximate surface area is 109 Å². The van der Waals surface area contributed by atoms with Crippen LogP contribution in [0.3, 0.4) is 0 Å². The van der Waals surface area contributed by atoms with Crippen LogP contribution in [0, 0.1) is 10.1 Å². The van der Waals surface area contributed by atoms with Crippen molar-refractivity contribution in [3.05, 3.63) is 20.6 Å². The number of nitrogens with zero attached hydrogens (tertiary/aromatic N) is 4. The van der Waals surface area contributed by atoms with Gasteiger partial charge in [0.15, 0.2) is 0 Å². The van der Waals surface area contributed by atoms with E-state index in [4.69, 9.17) is 5.53 Å². The van der Waals surface area contributed by atoms with Gasteiger partial charge in [0.2, 0.25) is 5.54 Å². The van der Waals surface area contributed by atoms with Gasteiger partial charge in [-0.3, -0.25) is 19.7 Å². The van der Waals surface area contributed by atoms with Gasteiger partial charge in [-0.1, -0.05) is 5.11 Å². The van der Waals surface area contributed by atoms with E-state index < -0.39 is 22.4 Å². The second-order valence-electron chi connectivity index (χ2n) is 4.47. The largest absolute Gasteiger partial charge is 0.393 e. The summed E-state index contributed by atoms with van der Waals surface area (Å²) in [6.07, 6.45) is 0.0425. The summed E-state index contributed by atoms with van der Waals surface area (Å²) < 4.78 is 4.47. The predicted molar refractivity (Wildman–Crippen MR) is 64.7 cm³/mol. The average molecular weight is 272 g/mol. The number of nitro groups is 1. The van der Waals surface area contributed by atoms with Crippen LogP contribution in [0.25, 0.3) is 10.4 Å². The summed E-state index contributed by atoms with van der Waals surface area (Å²) in [7, 11) is 0. The highest BCUT2D eigenvalue weighted by molar-refractivity contribution is 5.85. The van der Waals surface area contributed by atoms with Crippen LogP contribution in [0.15, 0.2) is 5.11 Å². The number of ether oxygens (including phenoxy) is 1. The number of esters is 2. The number of azide groups is 1. The molecule has 0 aliphatic rings. The Kier molecular flexibility index (Phi) is 7.13. The van der Waals surface area contributed by atoms with Crippen molar-refractivity contribution in [3.8, 4) is 0 Å². The molecule has 0 N–H and O–H groups in total. The maximum Gasteiger partial charge on any atom is 0.313 e. The van der Waals surface area contributed by atoms with Gasteiger partial charge in [-0.15, -0.1) is 0 Å². The van der Waals surface area contributed by atoms with Crippen LogP contribution < -0.4 is 0 Å². The van der Waals surface area contributed by atoms with Gasteiger partial charge in [-0.25, -0.2) is 0 Å². The molecule has 0 fully saturated rings. The first kappa shape index (κ1) is 16.9. The van der Waals surface area contributed by atoms with E-state index in [0.717, 1.165) is 0 Å². The molecule has 0 aromatic rings. The molecule has 0 amide bonds. The molecule has 0 atom stereocenters. The molecule has 0 radical (unpaired) electrons. The Balaban J connectivity index is 3.95. The third-order valence-corrected chi connectivity index (χ3v) is 2.37. The molecule has 106 valence electrons. The fraction of sp³-hybridized carbons (Fsp3) is 0.800. The molecule has 0 spiro atoms. The molecule has 9 heteroatoms. The first-order chi connectivity index (χ1) is 8.79. The molecule has 0 unspecified atom stereocenters. The highest BCUT2D eigenvalue weighted by atomic mass is 16.6. The molecule has 0 heterocycles. The van der Waals surface area contributed by atoms with Crippen LogP contribution in [0.2, 0.25) is 0 Å². The number of hydrogen-bond acceptors (Lipinski definition) is 6. The Morgan fingerprint density at radius 1 is 1.37 bits per heavy atom. The van der Waals surface area contributed by atoms with Crippen LogP contribution in [0.4, 0.5) is 0 Å². The molecule has 9 nitrogen and oxygen atoms in total. The fourth-order valence-electron chi connectivity index (χ4n) is 1.07. The number of hydrogen-bond donors (Lipinski definition) is 0. The van der Waals surface area contributed by atoms with Gasteiger partial charge in [0.1, 0.15) is 0 Å². The van der Waals surface area contributed by atoms with Crippen LogP contribution in [-0.2, 0) is 14.3 Å². The number of rotatable bonds is 8. The highest BCUT2D eigenvalue weighted by Crippen LogP contribution is 2.15. The molecule has 0 bridgehead atoms. The van der Waals surface area contributed by atoms with E-state index >= 15 is 0 Å². The van der Waals surface area contributed by atoms with E-state index in [-0.39, 0.29) is 32.2 Å². The monoisotopic (exact) mass is 272 g/mol. The van der Waals surface area contributed by atoms with Crippen molar-refractivity contribution in [1.29, 1.82) is 0 Å². The maximum atomic E-state index is 11.3. The normalized spacial score (nSPS) is 10.4. The van der Waals surface area contributed by atoms with E-state index in [1.54, 1.807) is 0 Å². The fourth-order valence-corrected chi connectivity index (χ4v) is 1.07. The topological polar surface area (TPSA) is 135 Å². The zero-order chi connectivity index (χ0) is 14.9. The van der Waals surface area contributed by atoms with Gasteiger partial charge in [0, 0.05) is 43.1 Å². The summed E-state index contributed by atoms with van der Waals surface area (Å²) >= 11 is 0. The highest BCUT2D eigenvalue weighted by Gasteiger charge is 2.31. The molecule has 0 aromatic heterocycles. The third kappa shape index (κ3) is 7.72. The van der Waals surface area contributed by atoms with Crippen molar-refractivity contribution in [2.75, 3.05) is 6.54 Å². The third-order valence-electron chi connectivity index (χ3n) is 2.37. The number of carbonyl (C=O) groups excluding carboxylic acids is 2. The van der Waals surface area contributed by atoms with E-state index in [1.165, 1.54) is 13.8 Å². The Bertz CT molecular complexity index is 401. The Morgan fingerprint density at radius 3 is 2.47 bits per heavy atom. The van der Waals surface area contributed by atoms with Gasteiger partial charge >= 0.3 is 11.9 Å². The minimum Gasteiger partial charge on any atom is -0.393 e. The van der Waals surface area contributed by atoms with Crippen molar-refractivity contribution < 1.29 is 19.2 Å². The van der Waals surface area contributed by atoms with Crippen LogP contribution in [-0.4, -0.2) is 28.9 Å². The minimum atomic E-state index is -1.23. The molecule has 0 aliphatic heterocycles. The van der Waals surface area contributed by atoms with E-state index in [2.05, 4.69) is 14.8 Å². The van der Waals surface area contributed by atoms with Gasteiger partial charge in [-0.05, 0) is 12.0 Å². The predicted octanol–water partition coefficient (Wildman–Crippen LogP) is 1.98. The minimum absolute atomic E-state index is 0.00909. The van der Waals surface area contributed by atoms with Crippen LogP contribution in [0.5, 0.6) is 0 Å². The van der Waals surface area contributed by atoms with Gasteiger partial charge < -0.3 is 4.74 Å². The molecular weight excluding hydrogens is 256 g/mol. The quantitative estimate of drug-likeness (QED) is 0.0972. The van der Waals surface area contributed by atoms with Gasteiger partial charge in [0.25, 0.3) is 0 Å². The zero-order valence-corrected chi connectivity index (χ0v) is 10.9. The second kappa shape index (κ2) is 8.04. The van der Waals surface area contributed by atoms with Gasteiger partial charge in [0.05, 0.1) is 6.42 Å². The van der Waals surface area contributed by atoms with Gasteiger partial charge in [-0.2, -0.15) is 0 Å². The molecule has 0 aliphatic carbocycles. The Morgan fingerprint density at radius 2 is 1.95 bits per heavy atom. The van der Waals surface area contributed by atoms with Crippen molar-refractivity contribution in [2.45, 2.75) is 45.1 Å². The van der Waals surface area contributed by atoms with Crippen molar-refractivity contribution in [1.82, 2.24) is 0 Å². The lowest BCUT2D eigenvalue weighted by Gasteiger charge is -2.14. The van der Waals surface area contributed by atoms with Crippen molar-refractivity contribution >= 4 is 11.9 Å². The zero-order valence-electron chi connectivity index (χ0n) is 10.9. The number of carbonyl (C=O) groups is 2. The van der Waals surface area contributed by atoms with Crippen LogP contribution >= 0.6 is 0 Å². The molecule has 0 rings (SSSR count). The lowest BCUT2D eigenvalue weighted by molar-refractivity contribution is -0.561. The van der Waals surface area contributed by atoms with E-state index in [9.17, 15) is 19.7 Å². The molecule has 19 heavy (non-hydrogen) atoms. The summed E-state index contributed by atoms with van der Waals surface area (Å²) in [5.74, 6) is -1.51. The Hall–Kier alpha value is -2.15. The molecule has 0 saturated heterocycles. The SMILES string of the molecule is CC(C)(CCC(=O)OC(=O)CCCN=[N+]=[N-])[N+](=O)[O-]. The first-order valence-electron chi connectivity index (χ1n) is 5.68. The van der Waals surface area contributed by atoms with E-state index in [1.807, 2.05) is 0 Å². The smallest absolute Gasteiger partial charge is 0.313 e. The lowest BCUT2D eigenvalue weighted by Crippen LogP contribution is -2.31. The lowest BCUT2D eigenvalue weighted by atomic mass is 10.00. The average Bonchev–Trinajstić information content (AvgIpc) is 2.32. The van der Waals surface area contributed by atoms with E-state index in [0.29, 0.717) is 0 Å². The summed E-state index contributed by atoms with van der Waals surface area (Å²) in [5.41, 5.74) is 6.77. The summed E-state index contributed by atoms with van der Waals surface area (Å²) in [5, 5.41) is 13.8.